The van der Waals surface area contributed by atoms with Crippen molar-refractivity contribution in [3.05, 3.63) is 0 Å². The van der Waals surface area contributed by atoms with Crippen molar-refractivity contribution in [2.75, 3.05) is 0 Å². The van der Waals surface area contributed by atoms with E-state index in [0.29, 0.717) is 12.8 Å². The first kappa shape index (κ1) is 13.5. The van der Waals surface area contributed by atoms with Gasteiger partial charge in [0.05, 0.1) is 11.8 Å². The maximum absolute atomic E-state index is 11.3. The minimum Gasteiger partial charge on any atom is -0.348 e. The number of carbonyl (C=O) groups excluding carboxylic acids is 2. The molecule has 4 nitrogen and oxygen atoms in total. The van der Waals surface area contributed by atoms with Crippen molar-refractivity contribution in [3.8, 4) is 0 Å². The Labute approximate surface area is 92.8 Å². The Bertz CT molecular complexity index is 213. The van der Waals surface area contributed by atoms with Gasteiger partial charge in [-0.3, -0.25) is 4.79 Å². The van der Waals surface area contributed by atoms with E-state index in [4.69, 9.17) is 23.7 Å². The van der Waals surface area contributed by atoms with Crippen molar-refractivity contribution in [1.29, 1.82) is 0 Å². The van der Waals surface area contributed by atoms with Crippen LogP contribution in [0.3, 0.4) is 0 Å². The average molecular weight is 243 g/mol. The first-order valence-corrected chi connectivity index (χ1v) is 4.82. The standard InChI is InChI=1S/C8H12Cl2O4/c1-3-8(4-2,7(12)14-10)5-6(11)13-9/h3-5H2,1-2H3. The molecule has 0 aromatic heterocycles. The molecule has 0 aliphatic rings. The highest BCUT2D eigenvalue weighted by atomic mass is 35.5. The van der Waals surface area contributed by atoms with Crippen molar-refractivity contribution in [1.82, 2.24) is 0 Å². The van der Waals surface area contributed by atoms with E-state index >= 15 is 0 Å². The van der Waals surface area contributed by atoms with Crippen LogP contribution in [0.25, 0.3) is 0 Å². The average Bonchev–Trinajstić information content (AvgIpc) is 2.24. The van der Waals surface area contributed by atoms with Gasteiger partial charge in [0.15, 0.2) is 0 Å². The monoisotopic (exact) mass is 242 g/mol. The summed E-state index contributed by atoms with van der Waals surface area (Å²) in [5, 5.41) is 0. The normalized spacial score (nSPS) is 10.9. The highest BCUT2D eigenvalue weighted by molar-refractivity contribution is 6.15. The van der Waals surface area contributed by atoms with Crippen LogP contribution in [0, 0.1) is 5.41 Å². The summed E-state index contributed by atoms with van der Waals surface area (Å²) in [6.07, 6.45) is 0.733. The van der Waals surface area contributed by atoms with Gasteiger partial charge in [0.25, 0.3) is 0 Å². The van der Waals surface area contributed by atoms with Crippen LogP contribution in [0.4, 0.5) is 0 Å². The summed E-state index contributed by atoms with van der Waals surface area (Å²) in [6.45, 7) is 3.53. The zero-order valence-electron chi connectivity index (χ0n) is 8.01. The maximum Gasteiger partial charge on any atom is 0.331 e. The summed E-state index contributed by atoms with van der Waals surface area (Å²) in [5.74, 6) is -1.30. The van der Waals surface area contributed by atoms with Crippen molar-refractivity contribution in [3.63, 3.8) is 0 Å². The predicted molar refractivity (Wildman–Crippen MR) is 51.5 cm³/mol. The number of carbonyl (C=O) groups is 2. The molecule has 0 aliphatic heterocycles. The summed E-state index contributed by atoms with van der Waals surface area (Å²) < 4.78 is 8.11. The molecular formula is C8H12Cl2O4. The van der Waals surface area contributed by atoms with Gasteiger partial charge in [0, 0.05) is 0 Å². The van der Waals surface area contributed by atoms with Crippen LogP contribution in [-0.4, -0.2) is 11.9 Å². The molecule has 0 rings (SSSR count). The van der Waals surface area contributed by atoms with Gasteiger partial charge in [-0.05, 0) is 12.8 Å². The Kier molecular flexibility index (Phi) is 5.88. The molecule has 0 fully saturated rings. The van der Waals surface area contributed by atoms with Crippen LogP contribution in [0.1, 0.15) is 33.1 Å². The predicted octanol–water partition coefficient (Wildman–Crippen LogP) is 2.58. The second-order valence-electron chi connectivity index (χ2n) is 2.98. The second-order valence-corrected chi connectivity index (χ2v) is 3.29. The fraction of sp³-hybridized carbons (Fsp3) is 0.750. The van der Waals surface area contributed by atoms with E-state index in [1.54, 1.807) is 13.8 Å². The molecule has 82 valence electrons. The molecule has 0 unspecified atom stereocenters. The molecule has 6 heteroatoms. The number of hydrogen-bond donors (Lipinski definition) is 0. The molecule has 0 radical (unpaired) electrons. The Morgan fingerprint density at radius 3 is 1.93 bits per heavy atom. The lowest BCUT2D eigenvalue weighted by atomic mass is 9.79. The minimum absolute atomic E-state index is 0.130. The lowest BCUT2D eigenvalue weighted by Gasteiger charge is -2.25. The third kappa shape index (κ3) is 3.03. The fourth-order valence-electron chi connectivity index (χ4n) is 1.25. The molecule has 0 atom stereocenters. The van der Waals surface area contributed by atoms with E-state index in [0.717, 1.165) is 0 Å². The van der Waals surface area contributed by atoms with Gasteiger partial charge >= 0.3 is 11.9 Å². The molecule has 0 aromatic rings. The Balaban J connectivity index is 4.69. The molecule has 0 bridgehead atoms. The summed E-state index contributed by atoms with van der Waals surface area (Å²) in [4.78, 5) is 22.3. The molecule has 0 amide bonds. The first-order chi connectivity index (χ1) is 6.56. The summed E-state index contributed by atoms with van der Waals surface area (Å²) in [5.41, 5.74) is -0.937. The van der Waals surface area contributed by atoms with E-state index in [2.05, 4.69) is 8.58 Å². The smallest absolute Gasteiger partial charge is 0.331 e. The molecular weight excluding hydrogens is 231 g/mol. The SMILES string of the molecule is CCC(CC)(CC(=O)OCl)C(=O)OCl. The summed E-state index contributed by atoms with van der Waals surface area (Å²) >= 11 is 9.87. The molecule has 0 heterocycles. The quantitative estimate of drug-likeness (QED) is 0.744. The van der Waals surface area contributed by atoms with E-state index in [-0.39, 0.29) is 6.42 Å². The minimum atomic E-state index is -0.937. The first-order valence-electron chi connectivity index (χ1n) is 4.20. The van der Waals surface area contributed by atoms with Crippen LogP contribution >= 0.6 is 23.7 Å². The summed E-state index contributed by atoms with van der Waals surface area (Å²) in [7, 11) is 0. The molecule has 0 saturated heterocycles. The molecule has 0 N–H and O–H groups in total. The highest BCUT2D eigenvalue weighted by Gasteiger charge is 2.39. The van der Waals surface area contributed by atoms with Crippen LogP contribution in [0.5, 0.6) is 0 Å². The zero-order valence-corrected chi connectivity index (χ0v) is 9.52. The van der Waals surface area contributed by atoms with Crippen molar-refractivity contribution < 1.29 is 18.2 Å². The molecule has 0 aliphatic carbocycles. The number of rotatable bonds is 5. The highest BCUT2D eigenvalue weighted by Crippen LogP contribution is 2.33. The van der Waals surface area contributed by atoms with E-state index in [9.17, 15) is 9.59 Å². The third-order valence-corrected chi connectivity index (χ3v) is 2.74. The molecule has 0 saturated carbocycles. The lowest BCUT2D eigenvalue weighted by molar-refractivity contribution is -0.152. The van der Waals surface area contributed by atoms with Gasteiger partial charge in [-0.1, -0.05) is 13.8 Å². The van der Waals surface area contributed by atoms with Crippen LogP contribution in [0.2, 0.25) is 0 Å². The Morgan fingerprint density at radius 2 is 1.64 bits per heavy atom. The van der Waals surface area contributed by atoms with E-state index in [1.807, 2.05) is 0 Å². The summed E-state index contributed by atoms with van der Waals surface area (Å²) in [6, 6.07) is 0. The second kappa shape index (κ2) is 6.09. The van der Waals surface area contributed by atoms with E-state index < -0.39 is 17.4 Å². The largest absolute Gasteiger partial charge is 0.348 e. The van der Waals surface area contributed by atoms with Gasteiger partial charge in [-0.2, -0.15) is 0 Å². The number of halogens is 2. The zero-order chi connectivity index (χ0) is 11.2. The van der Waals surface area contributed by atoms with Crippen molar-refractivity contribution >= 4 is 35.7 Å². The lowest BCUT2D eigenvalue weighted by Crippen LogP contribution is -2.32. The Hall–Kier alpha value is -0.480. The van der Waals surface area contributed by atoms with Gasteiger partial charge in [0.2, 0.25) is 0 Å². The Morgan fingerprint density at radius 1 is 1.14 bits per heavy atom. The fourth-order valence-corrected chi connectivity index (χ4v) is 1.46. The van der Waals surface area contributed by atoms with Gasteiger partial charge < -0.3 is 8.58 Å². The van der Waals surface area contributed by atoms with Crippen LogP contribution in [0.15, 0.2) is 0 Å². The number of hydrogen-bond acceptors (Lipinski definition) is 4. The van der Waals surface area contributed by atoms with E-state index in [1.165, 1.54) is 0 Å². The van der Waals surface area contributed by atoms with Crippen LogP contribution < -0.4 is 0 Å². The van der Waals surface area contributed by atoms with Gasteiger partial charge in [0.1, 0.15) is 23.7 Å². The third-order valence-electron chi connectivity index (χ3n) is 2.43. The molecule has 0 aromatic carbocycles. The topological polar surface area (TPSA) is 52.6 Å². The van der Waals surface area contributed by atoms with Gasteiger partial charge in [-0.25, -0.2) is 4.79 Å². The maximum atomic E-state index is 11.3. The van der Waals surface area contributed by atoms with Crippen molar-refractivity contribution in [2.45, 2.75) is 33.1 Å². The van der Waals surface area contributed by atoms with Crippen LogP contribution in [-0.2, 0) is 18.2 Å². The molecule has 0 spiro atoms. The van der Waals surface area contributed by atoms with Gasteiger partial charge in [-0.15, -0.1) is 0 Å². The molecule has 14 heavy (non-hydrogen) atoms. The van der Waals surface area contributed by atoms with Crippen molar-refractivity contribution in [2.24, 2.45) is 5.41 Å².